The number of furan rings is 1. The van der Waals surface area contributed by atoms with Gasteiger partial charge in [-0.3, -0.25) is 10.1 Å². The molecule has 0 unspecified atom stereocenters. The average Bonchev–Trinajstić information content (AvgIpc) is 2.84. The summed E-state index contributed by atoms with van der Waals surface area (Å²) in [5.41, 5.74) is -5.83. The van der Waals surface area contributed by atoms with E-state index >= 15 is 0 Å². The maximum absolute atomic E-state index is 12.5. The molecule has 0 spiro atoms. The minimum Gasteiger partial charge on any atom is -0.456 e. The van der Waals surface area contributed by atoms with E-state index in [-0.39, 0.29) is 27.6 Å². The summed E-state index contributed by atoms with van der Waals surface area (Å²) in [6, 6.07) is 7.08. The van der Waals surface area contributed by atoms with Gasteiger partial charge in [-0.15, -0.1) is 0 Å². The van der Waals surface area contributed by atoms with E-state index < -0.39 is 26.3 Å². The zero-order valence-corrected chi connectivity index (χ0v) is 12.2. The predicted molar refractivity (Wildman–Crippen MR) is 76.0 cm³/mol. The van der Waals surface area contributed by atoms with Gasteiger partial charge in [-0.05, 0) is 18.2 Å². The first kappa shape index (κ1) is 16.1. The molecule has 0 fully saturated rings. The first-order valence-corrected chi connectivity index (χ1v) is 7.61. The number of nitrogens with zero attached hydrogens (tertiary/aromatic N) is 1. The van der Waals surface area contributed by atoms with E-state index in [1.807, 2.05) is 0 Å². The molecule has 3 rings (SSSR count). The Balaban J connectivity index is 2.23. The lowest BCUT2D eigenvalue weighted by Crippen LogP contribution is -2.28. The van der Waals surface area contributed by atoms with E-state index in [1.165, 1.54) is 18.2 Å². The Hall–Kier alpha value is -2.82. The summed E-state index contributed by atoms with van der Waals surface area (Å²) in [6.45, 7) is 0. The number of fused-ring (bicyclic) bond motifs is 3. The summed E-state index contributed by atoms with van der Waals surface area (Å²) in [6.07, 6.45) is 0. The highest BCUT2D eigenvalue weighted by Gasteiger charge is 2.48. The van der Waals surface area contributed by atoms with Crippen LogP contribution in [0, 0.1) is 10.1 Å². The van der Waals surface area contributed by atoms with Crippen molar-refractivity contribution < 1.29 is 35.1 Å². The van der Waals surface area contributed by atoms with Crippen LogP contribution in [0.2, 0.25) is 0 Å². The van der Waals surface area contributed by atoms with Crippen molar-refractivity contribution in [1.29, 1.82) is 0 Å². The lowest BCUT2D eigenvalue weighted by molar-refractivity contribution is -0.384. The van der Waals surface area contributed by atoms with Crippen molar-refractivity contribution in [3.05, 3.63) is 46.5 Å². The van der Waals surface area contributed by atoms with Gasteiger partial charge in [0.05, 0.1) is 16.4 Å². The number of hydrogen-bond acceptors (Lipinski definition) is 6. The molecule has 2 aromatic carbocycles. The minimum atomic E-state index is -5.86. The number of hydrogen-bond donors (Lipinski definition) is 0. The van der Waals surface area contributed by atoms with Crippen LogP contribution in [0.15, 0.2) is 40.8 Å². The number of non-ortho nitro benzene ring substituents is 1. The van der Waals surface area contributed by atoms with Crippen molar-refractivity contribution >= 4 is 37.7 Å². The average molecular weight is 361 g/mol. The molecule has 3 aromatic rings. The quantitative estimate of drug-likeness (QED) is 0.305. The molecular weight excluding hydrogens is 355 g/mol. The summed E-state index contributed by atoms with van der Waals surface area (Å²) in [4.78, 5) is 10.1. The van der Waals surface area contributed by atoms with Gasteiger partial charge in [0.25, 0.3) is 5.69 Å². The van der Waals surface area contributed by atoms with Crippen LogP contribution >= 0.6 is 0 Å². The zero-order chi connectivity index (χ0) is 17.7. The number of alkyl halides is 3. The molecule has 11 heteroatoms. The molecule has 0 saturated carbocycles. The molecule has 0 radical (unpaired) electrons. The monoisotopic (exact) mass is 361 g/mol. The molecule has 0 bridgehead atoms. The van der Waals surface area contributed by atoms with Gasteiger partial charge >= 0.3 is 15.6 Å². The molecular formula is C13H6F3NO6S. The molecule has 1 aromatic heterocycles. The largest absolute Gasteiger partial charge is 0.534 e. The van der Waals surface area contributed by atoms with Crippen LogP contribution in [-0.2, 0) is 10.1 Å². The number of benzene rings is 2. The van der Waals surface area contributed by atoms with Crippen LogP contribution in [0.1, 0.15) is 0 Å². The van der Waals surface area contributed by atoms with Gasteiger partial charge in [0, 0.05) is 11.5 Å². The molecule has 0 atom stereocenters. The molecule has 0 aliphatic rings. The van der Waals surface area contributed by atoms with Gasteiger partial charge in [-0.2, -0.15) is 21.6 Å². The topological polar surface area (TPSA) is 99.7 Å². The Morgan fingerprint density at radius 3 is 2.46 bits per heavy atom. The third-order valence-electron chi connectivity index (χ3n) is 3.14. The molecule has 7 nitrogen and oxygen atoms in total. The summed E-state index contributed by atoms with van der Waals surface area (Å²) in [7, 11) is -5.86. The SMILES string of the molecule is O=[N+]([O-])c1ccc2c(c1)oc1cccc(OS(=O)(=O)C(F)(F)F)c12. The molecule has 24 heavy (non-hydrogen) atoms. The van der Waals surface area contributed by atoms with Crippen LogP contribution < -0.4 is 4.18 Å². The van der Waals surface area contributed by atoms with Crippen molar-refractivity contribution in [3.63, 3.8) is 0 Å². The van der Waals surface area contributed by atoms with E-state index in [4.69, 9.17) is 4.42 Å². The second kappa shape index (κ2) is 5.09. The highest BCUT2D eigenvalue weighted by molar-refractivity contribution is 7.88. The summed E-state index contributed by atoms with van der Waals surface area (Å²) < 4.78 is 69.4. The van der Waals surface area contributed by atoms with Crippen LogP contribution in [0.25, 0.3) is 21.9 Å². The number of halogens is 3. The lowest BCUT2D eigenvalue weighted by Gasteiger charge is -2.09. The fraction of sp³-hybridized carbons (Fsp3) is 0.0769. The van der Waals surface area contributed by atoms with E-state index in [0.29, 0.717) is 0 Å². The number of nitro groups is 1. The first-order valence-electron chi connectivity index (χ1n) is 6.20. The second-order valence-electron chi connectivity index (χ2n) is 4.65. The van der Waals surface area contributed by atoms with Gasteiger partial charge in [0.1, 0.15) is 11.2 Å². The van der Waals surface area contributed by atoms with Crippen LogP contribution in [0.3, 0.4) is 0 Å². The van der Waals surface area contributed by atoms with Gasteiger partial charge in [0.2, 0.25) is 0 Å². The fourth-order valence-corrected chi connectivity index (χ4v) is 2.60. The van der Waals surface area contributed by atoms with Gasteiger partial charge in [-0.1, -0.05) is 6.07 Å². The maximum Gasteiger partial charge on any atom is 0.534 e. The third-order valence-corrected chi connectivity index (χ3v) is 4.10. The molecule has 0 aliphatic heterocycles. The normalized spacial score (nSPS) is 12.6. The van der Waals surface area contributed by atoms with E-state index in [9.17, 15) is 31.7 Å². The van der Waals surface area contributed by atoms with Gasteiger partial charge < -0.3 is 8.60 Å². The maximum atomic E-state index is 12.5. The van der Waals surface area contributed by atoms with E-state index in [1.54, 1.807) is 0 Å². The van der Waals surface area contributed by atoms with E-state index in [2.05, 4.69) is 4.18 Å². The third kappa shape index (κ3) is 2.52. The standard InChI is InChI=1S/C13H6F3NO6S/c14-13(15,16)24(20,21)23-10-3-1-2-9-12(10)8-5-4-7(17(18)19)6-11(8)22-9/h1-6H. The Bertz CT molecular complexity index is 1070. The van der Waals surface area contributed by atoms with Crippen molar-refractivity contribution in [1.82, 2.24) is 0 Å². The Morgan fingerprint density at radius 2 is 1.83 bits per heavy atom. The molecule has 0 N–H and O–H groups in total. The van der Waals surface area contributed by atoms with Crippen LogP contribution in [0.4, 0.5) is 18.9 Å². The summed E-state index contributed by atoms with van der Waals surface area (Å²) in [5, 5.41) is 10.9. The van der Waals surface area contributed by atoms with Gasteiger partial charge in [0.15, 0.2) is 5.75 Å². The summed E-state index contributed by atoms with van der Waals surface area (Å²) in [5.74, 6) is -0.586. The van der Waals surface area contributed by atoms with Crippen molar-refractivity contribution in [2.24, 2.45) is 0 Å². The molecule has 0 amide bonds. The highest BCUT2D eigenvalue weighted by Crippen LogP contribution is 2.38. The van der Waals surface area contributed by atoms with E-state index in [0.717, 1.165) is 18.2 Å². The highest BCUT2D eigenvalue weighted by atomic mass is 32.2. The Labute approximate surface area is 131 Å². The number of nitro benzene ring substituents is 1. The number of rotatable bonds is 3. The zero-order valence-electron chi connectivity index (χ0n) is 11.4. The molecule has 0 saturated heterocycles. The molecule has 0 aliphatic carbocycles. The van der Waals surface area contributed by atoms with Crippen LogP contribution in [0.5, 0.6) is 5.75 Å². The lowest BCUT2D eigenvalue weighted by atomic mass is 10.1. The fourth-order valence-electron chi connectivity index (χ4n) is 2.13. The minimum absolute atomic E-state index is 0.0136. The van der Waals surface area contributed by atoms with Crippen molar-refractivity contribution in [3.8, 4) is 5.75 Å². The van der Waals surface area contributed by atoms with Crippen LogP contribution in [-0.4, -0.2) is 18.8 Å². The van der Waals surface area contributed by atoms with Gasteiger partial charge in [-0.25, -0.2) is 0 Å². The Morgan fingerprint density at radius 1 is 1.12 bits per heavy atom. The second-order valence-corrected chi connectivity index (χ2v) is 6.19. The summed E-state index contributed by atoms with van der Waals surface area (Å²) >= 11 is 0. The molecule has 1 heterocycles. The molecule has 126 valence electrons. The van der Waals surface area contributed by atoms with Crippen molar-refractivity contribution in [2.75, 3.05) is 0 Å². The predicted octanol–water partition coefficient (Wildman–Crippen LogP) is 3.72. The smallest absolute Gasteiger partial charge is 0.456 e. The first-order chi connectivity index (χ1) is 11.1. The Kier molecular flexibility index (Phi) is 3.41. The van der Waals surface area contributed by atoms with Crippen molar-refractivity contribution in [2.45, 2.75) is 5.51 Å².